The highest BCUT2D eigenvalue weighted by Gasteiger charge is 2.37. The van der Waals surface area contributed by atoms with Gasteiger partial charge in [0, 0.05) is 28.6 Å². The Hall–Kier alpha value is -0.930. The van der Waals surface area contributed by atoms with Crippen LogP contribution in [0.2, 0.25) is 15.1 Å². The maximum Gasteiger partial charge on any atom is 0.126 e. The zero-order chi connectivity index (χ0) is 17.6. The molecule has 132 valence electrons. The highest BCUT2D eigenvalue weighted by Crippen LogP contribution is 2.47. The van der Waals surface area contributed by atoms with Gasteiger partial charge in [0.2, 0.25) is 0 Å². The molecule has 0 aliphatic carbocycles. The molecule has 2 aliphatic rings. The number of hydrogen-bond acceptors (Lipinski definition) is 2. The number of halogens is 3. The lowest BCUT2D eigenvalue weighted by molar-refractivity contribution is 0.171. The predicted octanol–water partition coefficient (Wildman–Crippen LogP) is 6.10. The Bertz CT molecular complexity index is 798. The van der Waals surface area contributed by atoms with Crippen molar-refractivity contribution in [2.45, 2.75) is 38.2 Å². The van der Waals surface area contributed by atoms with E-state index >= 15 is 0 Å². The van der Waals surface area contributed by atoms with Gasteiger partial charge in [0.25, 0.3) is 0 Å². The summed E-state index contributed by atoms with van der Waals surface area (Å²) in [7, 11) is 0. The van der Waals surface area contributed by atoms with Crippen LogP contribution in [0.1, 0.15) is 36.8 Å². The van der Waals surface area contributed by atoms with Gasteiger partial charge in [-0.3, -0.25) is 0 Å². The van der Waals surface area contributed by atoms with Crippen LogP contribution < -0.4 is 10.1 Å². The number of fused-ring (bicyclic) bond motifs is 3. The van der Waals surface area contributed by atoms with E-state index in [1.807, 2.05) is 0 Å². The molecule has 0 radical (unpaired) electrons. The van der Waals surface area contributed by atoms with E-state index in [0.717, 1.165) is 49.2 Å². The molecule has 2 nitrogen and oxygen atoms in total. The number of piperidine rings is 1. The lowest BCUT2D eigenvalue weighted by Crippen LogP contribution is -2.37. The first-order valence-electron chi connectivity index (χ1n) is 8.77. The first kappa shape index (κ1) is 17.5. The Balaban J connectivity index is 1.87. The van der Waals surface area contributed by atoms with Crippen molar-refractivity contribution in [3.8, 4) is 16.9 Å². The topological polar surface area (TPSA) is 21.3 Å². The van der Waals surface area contributed by atoms with Gasteiger partial charge in [-0.25, -0.2) is 0 Å². The van der Waals surface area contributed by atoms with Crippen LogP contribution in [0.15, 0.2) is 24.3 Å². The second-order valence-electron chi connectivity index (χ2n) is 6.80. The van der Waals surface area contributed by atoms with Crippen LogP contribution >= 0.6 is 34.8 Å². The minimum absolute atomic E-state index is 0.276. The van der Waals surface area contributed by atoms with E-state index in [1.54, 1.807) is 12.1 Å². The molecule has 2 aromatic rings. The van der Waals surface area contributed by atoms with Crippen molar-refractivity contribution in [2.75, 3.05) is 13.1 Å². The molecule has 5 heteroatoms. The largest absolute Gasteiger partial charge is 0.489 e. The fraction of sp³-hybridized carbons (Fsp3) is 0.400. The summed E-state index contributed by atoms with van der Waals surface area (Å²) in [5.41, 5.74) is 4.41. The maximum absolute atomic E-state index is 6.47. The molecule has 2 aliphatic heterocycles. The molecule has 1 saturated heterocycles. The van der Waals surface area contributed by atoms with Crippen LogP contribution in [0.4, 0.5) is 0 Å². The normalized spacial score (nSPS) is 21.6. The molecule has 2 heterocycles. The molecule has 0 spiro atoms. The van der Waals surface area contributed by atoms with Gasteiger partial charge < -0.3 is 10.1 Å². The second-order valence-corrected chi connectivity index (χ2v) is 8.05. The van der Waals surface area contributed by atoms with E-state index < -0.39 is 0 Å². The number of nitrogens with one attached hydrogen (secondary N) is 1. The van der Waals surface area contributed by atoms with Gasteiger partial charge >= 0.3 is 0 Å². The lowest BCUT2D eigenvalue weighted by Gasteiger charge is -2.25. The summed E-state index contributed by atoms with van der Waals surface area (Å²) in [4.78, 5) is 0. The molecule has 1 fully saturated rings. The average Bonchev–Trinajstić information content (AvgIpc) is 2.93. The van der Waals surface area contributed by atoms with Crippen molar-refractivity contribution in [1.82, 2.24) is 5.32 Å². The standard InChI is InChI=1S/C20H20Cl3NO/c1-2-3-11-6-12(19-16(22)8-13(21)9-17(19)23)7-14-15-10-24-5-4-18(15)25-20(11)14/h6-9,15,18,24H,2-5,10H2,1H3/t15-,18-/m0/s1. The van der Waals surface area contributed by atoms with E-state index in [2.05, 4.69) is 24.4 Å². The fourth-order valence-electron chi connectivity index (χ4n) is 3.99. The molecular formula is C20H20Cl3NO. The molecule has 0 saturated carbocycles. The van der Waals surface area contributed by atoms with Crippen LogP contribution in [0, 0.1) is 0 Å². The summed E-state index contributed by atoms with van der Waals surface area (Å²) in [5.74, 6) is 1.47. The number of aryl methyl sites for hydroxylation is 1. The molecule has 2 aromatic carbocycles. The Kier molecular flexibility index (Phi) is 4.89. The summed E-state index contributed by atoms with van der Waals surface area (Å²) >= 11 is 19.0. The SMILES string of the molecule is CCCc1cc(-c2c(Cl)cc(Cl)cc2Cl)cc2c1O[C@H]1CCNC[C@@H]21. The number of ether oxygens (including phenoxy) is 1. The van der Waals surface area contributed by atoms with Crippen molar-refractivity contribution in [3.63, 3.8) is 0 Å². The molecule has 0 aromatic heterocycles. The van der Waals surface area contributed by atoms with Gasteiger partial charge in [0.15, 0.2) is 0 Å². The zero-order valence-corrected chi connectivity index (χ0v) is 16.3. The summed E-state index contributed by atoms with van der Waals surface area (Å²) in [6.07, 6.45) is 3.36. The average molecular weight is 397 g/mol. The van der Waals surface area contributed by atoms with E-state index in [-0.39, 0.29) is 6.10 Å². The fourth-order valence-corrected chi connectivity index (χ4v) is 5.02. The first-order chi connectivity index (χ1) is 12.1. The maximum atomic E-state index is 6.47. The van der Waals surface area contributed by atoms with Gasteiger partial charge in [-0.15, -0.1) is 0 Å². The van der Waals surface area contributed by atoms with Crippen LogP contribution in [0.3, 0.4) is 0 Å². The third-order valence-electron chi connectivity index (χ3n) is 5.10. The molecule has 0 unspecified atom stereocenters. The highest BCUT2D eigenvalue weighted by atomic mass is 35.5. The Labute approximate surface area is 163 Å². The minimum Gasteiger partial charge on any atom is -0.489 e. The number of hydrogen-bond donors (Lipinski definition) is 1. The second kappa shape index (κ2) is 7.00. The van der Waals surface area contributed by atoms with Gasteiger partial charge in [0.05, 0.1) is 10.0 Å². The Morgan fingerprint density at radius 2 is 1.88 bits per heavy atom. The molecule has 2 atom stereocenters. The van der Waals surface area contributed by atoms with Crippen LogP contribution in [0.25, 0.3) is 11.1 Å². The minimum atomic E-state index is 0.276. The van der Waals surface area contributed by atoms with Gasteiger partial charge in [-0.1, -0.05) is 48.1 Å². The predicted molar refractivity (Wildman–Crippen MR) is 106 cm³/mol. The molecule has 1 N–H and O–H groups in total. The first-order valence-corrected chi connectivity index (χ1v) is 9.91. The van der Waals surface area contributed by atoms with E-state index in [1.165, 1.54) is 11.1 Å². The van der Waals surface area contributed by atoms with Crippen molar-refractivity contribution < 1.29 is 4.74 Å². The molecular weight excluding hydrogens is 377 g/mol. The van der Waals surface area contributed by atoms with Gasteiger partial charge in [-0.2, -0.15) is 0 Å². The highest BCUT2D eigenvalue weighted by molar-refractivity contribution is 6.41. The summed E-state index contributed by atoms with van der Waals surface area (Å²) in [6, 6.07) is 7.87. The van der Waals surface area contributed by atoms with Crippen molar-refractivity contribution in [2.24, 2.45) is 0 Å². The van der Waals surface area contributed by atoms with E-state index in [4.69, 9.17) is 39.5 Å². The van der Waals surface area contributed by atoms with Crippen molar-refractivity contribution in [1.29, 1.82) is 0 Å². The van der Waals surface area contributed by atoms with Crippen molar-refractivity contribution in [3.05, 3.63) is 50.5 Å². The quantitative estimate of drug-likeness (QED) is 0.676. The zero-order valence-electron chi connectivity index (χ0n) is 14.0. The molecule has 0 amide bonds. The Morgan fingerprint density at radius 3 is 2.60 bits per heavy atom. The van der Waals surface area contributed by atoms with Crippen LogP contribution in [0.5, 0.6) is 5.75 Å². The van der Waals surface area contributed by atoms with Crippen molar-refractivity contribution >= 4 is 34.8 Å². The summed E-state index contributed by atoms with van der Waals surface area (Å²) < 4.78 is 6.34. The lowest BCUT2D eigenvalue weighted by atomic mass is 9.87. The third kappa shape index (κ3) is 3.14. The van der Waals surface area contributed by atoms with E-state index in [9.17, 15) is 0 Å². The Morgan fingerprint density at radius 1 is 1.12 bits per heavy atom. The monoisotopic (exact) mass is 395 g/mol. The van der Waals surface area contributed by atoms with Gasteiger partial charge in [-0.05, 0) is 54.8 Å². The molecule has 0 bridgehead atoms. The summed E-state index contributed by atoms with van der Waals surface area (Å²) in [5, 5.41) is 5.20. The van der Waals surface area contributed by atoms with E-state index in [0.29, 0.717) is 21.0 Å². The third-order valence-corrected chi connectivity index (χ3v) is 5.91. The number of rotatable bonds is 3. The van der Waals surface area contributed by atoms with Gasteiger partial charge in [0.1, 0.15) is 11.9 Å². The number of benzene rings is 2. The smallest absolute Gasteiger partial charge is 0.126 e. The molecule has 25 heavy (non-hydrogen) atoms. The van der Waals surface area contributed by atoms with Crippen LogP contribution in [-0.2, 0) is 6.42 Å². The molecule has 4 rings (SSSR count). The van der Waals surface area contributed by atoms with Crippen LogP contribution in [-0.4, -0.2) is 19.2 Å². The summed E-state index contributed by atoms with van der Waals surface area (Å²) in [6.45, 7) is 4.15.